The number of carbonyl (C=O) groups excluding carboxylic acids is 2. The lowest BCUT2D eigenvalue weighted by atomic mass is 10.1. The van der Waals surface area contributed by atoms with Crippen molar-refractivity contribution in [2.75, 3.05) is 11.4 Å². The highest BCUT2D eigenvalue weighted by molar-refractivity contribution is 6.00. The molecule has 1 heterocycles. The van der Waals surface area contributed by atoms with Crippen molar-refractivity contribution >= 4 is 17.5 Å². The summed E-state index contributed by atoms with van der Waals surface area (Å²) in [5.41, 5.74) is 2.59. The second kappa shape index (κ2) is 6.83. The van der Waals surface area contributed by atoms with Crippen molar-refractivity contribution in [3.05, 3.63) is 65.5 Å². The van der Waals surface area contributed by atoms with E-state index in [9.17, 15) is 14.0 Å². The number of benzene rings is 2. The lowest BCUT2D eigenvalue weighted by Crippen LogP contribution is -2.32. The van der Waals surface area contributed by atoms with Crippen molar-refractivity contribution in [3.63, 3.8) is 0 Å². The molecule has 0 aliphatic carbocycles. The molecule has 2 aromatic rings. The topological polar surface area (TPSA) is 49.4 Å². The Morgan fingerprint density at radius 1 is 1.25 bits per heavy atom. The minimum Gasteiger partial charge on any atom is -0.352 e. The maximum atomic E-state index is 13.2. The van der Waals surface area contributed by atoms with E-state index in [1.807, 2.05) is 31.2 Å². The van der Waals surface area contributed by atoms with E-state index in [-0.39, 0.29) is 36.5 Å². The van der Waals surface area contributed by atoms with Gasteiger partial charge in [0.05, 0.1) is 5.92 Å². The van der Waals surface area contributed by atoms with Crippen molar-refractivity contribution in [1.82, 2.24) is 5.32 Å². The van der Waals surface area contributed by atoms with E-state index in [4.69, 9.17) is 0 Å². The van der Waals surface area contributed by atoms with E-state index < -0.39 is 0 Å². The Kier molecular flexibility index (Phi) is 4.60. The van der Waals surface area contributed by atoms with Crippen LogP contribution in [-0.4, -0.2) is 18.4 Å². The Morgan fingerprint density at radius 3 is 2.79 bits per heavy atom. The van der Waals surface area contributed by atoms with Crippen LogP contribution in [-0.2, 0) is 16.1 Å². The number of hydrogen-bond donors (Lipinski definition) is 1. The van der Waals surface area contributed by atoms with Crippen LogP contribution < -0.4 is 10.2 Å². The summed E-state index contributed by atoms with van der Waals surface area (Å²) in [6.07, 6.45) is 0.197. The molecular weight excluding hydrogens is 307 g/mol. The fraction of sp³-hybridized carbons (Fsp3) is 0.263. The first-order valence-corrected chi connectivity index (χ1v) is 7.92. The van der Waals surface area contributed by atoms with E-state index in [0.717, 1.165) is 11.3 Å². The molecule has 3 rings (SSSR count). The summed E-state index contributed by atoms with van der Waals surface area (Å²) in [5.74, 6) is -0.941. The first-order valence-electron chi connectivity index (χ1n) is 7.92. The lowest BCUT2D eigenvalue weighted by Gasteiger charge is -2.17. The van der Waals surface area contributed by atoms with Crippen LogP contribution in [0.1, 0.15) is 17.5 Å². The Labute approximate surface area is 140 Å². The fourth-order valence-electron chi connectivity index (χ4n) is 2.91. The number of nitrogens with zero attached hydrogens (tertiary/aromatic N) is 1. The third-order valence-electron chi connectivity index (χ3n) is 4.16. The Bertz CT molecular complexity index is 775. The molecule has 24 heavy (non-hydrogen) atoms. The minimum absolute atomic E-state index is 0.0495. The van der Waals surface area contributed by atoms with Crippen LogP contribution in [0.3, 0.4) is 0 Å². The number of aryl methyl sites for hydroxylation is 1. The molecule has 124 valence electrons. The van der Waals surface area contributed by atoms with Gasteiger partial charge in [-0.25, -0.2) is 4.39 Å². The summed E-state index contributed by atoms with van der Waals surface area (Å²) < 4.78 is 13.2. The van der Waals surface area contributed by atoms with Crippen LogP contribution in [0.15, 0.2) is 48.5 Å². The molecule has 4 nitrogen and oxygen atoms in total. The molecule has 1 atom stereocenters. The van der Waals surface area contributed by atoms with Gasteiger partial charge in [0.25, 0.3) is 0 Å². The van der Waals surface area contributed by atoms with Crippen molar-refractivity contribution in [2.24, 2.45) is 5.92 Å². The van der Waals surface area contributed by atoms with Crippen LogP contribution in [0.25, 0.3) is 0 Å². The number of anilines is 1. The monoisotopic (exact) mass is 326 g/mol. The minimum atomic E-state index is -0.383. The Balaban J connectivity index is 1.61. The molecule has 1 fully saturated rings. The van der Waals surface area contributed by atoms with E-state index in [1.54, 1.807) is 17.0 Å². The molecule has 1 aliphatic heterocycles. The standard InChI is InChI=1S/C19H19FN2O2/c1-13-4-2-7-17(8-13)22-12-15(10-18(22)23)19(24)21-11-14-5-3-6-16(20)9-14/h2-9,15H,10-12H2,1H3,(H,21,24)/t15-/m1/s1. The number of hydrogen-bond acceptors (Lipinski definition) is 2. The number of carbonyl (C=O) groups is 2. The zero-order valence-corrected chi connectivity index (χ0v) is 13.5. The smallest absolute Gasteiger partial charge is 0.227 e. The molecule has 0 aromatic heterocycles. The average molecular weight is 326 g/mol. The molecular formula is C19H19FN2O2. The molecule has 0 bridgehead atoms. The molecule has 0 spiro atoms. The SMILES string of the molecule is Cc1cccc(N2C[C@H](C(=O)NCc3cccc(F)c3)CC2=O)c1. The van der Waals surface area contributed by atoms with Crippen molar-refractivity contribution in [3.8, 4) is 0 Å². The zero-order chi connectivity index (χ0) is 17.1. The molecule has 1 N–H and O–H groups in total. The third kappa shape index (κ3) is 3.62. The van der Waals surface area contributed by atoms with E-state index in [2.05, 4.69) is 5.32 Å². The van der Waals surface area contributed by atoms with Gasteiger partial charge in [0.1, 0.15) is 5.82 Å². The average Bonchev–Trinajstić information content (AvgIpc) is 2.95. The van der Waals surface area contributed by atoms with E-state index in [0.29, 0.717) is 12.1 Å². The van der Waals surface area contributed by atoms with Gasteiger partial charge < -0.3 is 10.2 Å². The number of halogens is 1. The van der Waals surface area contributed by atoms with Crippen LogP contribution in [0.2, 0.25) is 0 Å². The Morgan fingerprint density at radius 2 is 2.04 bits per heavy atom. The predicted molar refractivity (Wildman–Crippen MR) is 89.9 cm³/mol. The quantitative estimate of drug-likeness (QED) is 0.939. The van der Waals surface area contributed by atoms with Gasteiger partial charge in [-0.05, 0) is 42.3 Å². The maximum absolute atomic E-state index is 13.2. The van der Waals surface area contributed by atoms with Gasteiger partial charge in [0.15, 0.2) is 0 Å². The lowest BCUT2D eigenvalue weighted by molar-refractivity contribution is -0.126. The highest BCUT2D eigenvalue weighted by atomic mass is 19.1. The second-order valence-corrected chi connectivity index (χ2v) is 6.09. The van der Waals surface area contributed by atoms with Gasteiger partial charge in [-0.3, -0.25) is 9.59 Å². The number of nitrogens with one attached hydrogen (secondary N) is 1. The van der Waals surface area contributed by atoms with Crippen LogP contribution >= 0.6 is 0 Å². The molecule has 0 saturated carbocycles. The van der Waals surface area contributed by atoms with Gasteiger partial charge in [0, 0.05) is 25.2 Å². The fourth-order valence-corrected chi connectivity index (χ4v) is 2.91. The summed E-state index contributed by atoms with van der Waals surface area (Å²) >= 11 is 0. The molecule has 0 unspecified atom stereocenters. The summed E-state index contributed by atoms with van der Waals surface area (Å²) in [5, 5.41) is 2.79. The highest BCUT2D eigenvalue weighted by Gasteiger charge is 2.34. The Hall–Kier alpha value is -2.69. The van der Waals surface area contributed by atoms with Crippen LogP contribution in [0, 0.1) is 18.7 Å². The summed E-state index contributed by atoms with van der Waals surface area (Å²) in [4.78, 5) is 26.2. The van der Waals surface area contributed by atoms with Gasteiger partial charge in [-0.1, -0.05) is 24.3 Å². The van der Waals surface area contributed by atoms with Gasteiger partial charge in [-0.15, -0.1) is 0 Å². The van der Waals surface area contributed by atoms with Gasteiger partial charge >= 0.3 is 0 Å². The van der Waals surface area contributed by atoms with E-state index >= 15 is 0 Å². The number of rotatable bonds is 4. The van der Waals surface area contributed by atoms with Crippen LogP contribution in [0.5, 0.6) is 0 Å². The second-order valence-electron chi connectivity index (χ2n) is 6.09. The summed E-state index contributed by atoms with van der Waals surface area (Å²) in [7, 11) is 0. The van der Waals surface area contributed by atoms with Crippen LogP contribution in [0.4, 0.5) is 10.1 Å². The highest BCUT2D eigenvalue weighted by Crippen LogP contribution is 2.25. The van der Waals surface area contributed by atoms with Crippen molar-refractivity contribution < 1.29 is 14.0 Å². The molecule has 1 saturated heterocycles. The molecule has 2 aromatic carbocycles. The largest absolute Gasteiger partial charge is 0.352 e. The summed E-state index contributed by atoms with van der Waals surface area (Å²) in [6.45, 7) is 2.59. The van der Waals surface area contributed by atoms with E-state index in [1.165, 1.54) is 12.1 Å². The maximum Gasteiger partial charge on any atom is 0.227 e. The van der Waals surface area contributed by atoms with Gasteiger partial charge in [0.2, 0.25) is 11.8 Å². The number of amides is 2. The molecule has 1 aliphatic rings. The zero-order valence-electron chi connectivity index (χ0n) is 13.5. The van der Waals surface area contributed by atoms with Crippen molar-refractivity contribution in [1.29, 1.82) is 0 Å². The third-order valence-corrected chi connectivity index (χ3v) is 4.16. The molecule has 2 amide bonds. The first kappa shape index (κ1) is 16.2. The predicted octanol–water partition coefficient (Wildman–Crippen LogP) is 2.80. The normalized spacial score (nSPS) is 17.2. The van der Waals surface area contributed by atoms with Gasteiger partial charge in [-0.2, -0.15) is 0 Å². The first-order chi connectivity index (χ1) is 11.5. The summed E-state index contributed by atoms with van der Waals surface area (Å²) in [6, 6.07) is 13.8. The molecule has 0 radical (unpaired) electrons. The molecule has 5 heteroatoms. The van der Waals surface area contributed by atoms with Crippen molar-refractivity contribution in [2.45, 2.75) is 19.9 Å².